The summed E-state index contributed by atoms with van der Waals surface area (Å²) in [6, 6.07) is 3.03. The number of hydrogen-bond acceptors (Lipinski definition) is 5. The number of nitrogens with zero attached hydrogens (tertiary/aromatic N) is 1. The molecule has 0 radical (unpaired) electrons. The van der Waals surface area contributed by atoms with Crippen LogP contribution in [0.25, 0.3) is 0 Å². The van der Waals surface area contributed by atoms with Crippen molar-refractivity contribution < 1.29 is 8.42 Å². The molecule has 0 amide bonds. The SMILES string of the molecule is CC(C)C(CN(C)C)NS(=O)(=O)c1ccc(C(N)=S)s1. The number of hydrogen-bond donors (Lipinski definition) is 2. The van der Waals surface area contributed by atoms with Crippen molar-refractivity contribution in [2.75, 3.05) is 20.6 Å². The van der Waals surface area contributed by atoms with E-state index in [9.17, 15) is 8.42 Å². The molecule has 0 aromatic carbocycles. The molecule has 114 valence electrons. The van der Waals surface area contributed by atoms with Gasteiger partial charge in [0.2, 0.25) is 10.0 Å². The Labute approximate surface area is 130 Å². The third kappa shape index (κ3) is 4.78. The number of thiophene rings is 1. The van der Waals surface area contributed by atoms with E-state index < -0.39 is 10.0 Å². The van der Waals surface area contributed by atoms with Gasteiger partial charge in [-0.3, -0.25) is 0 Å². The maximum Gasteiger partial charge on any atom is 0.250 e. The molecule has 0 bridgehead atoms. The topological polar surface area (TPSA) is 75.4 Å². The van der Waals surface area contributed by atoms with E-state index in [-0.39, 0.29) is 21.2 Å². The molecule has 0 fully saturated rings. The smallest absolute Gasteiger partial charge is 0.250 e. The van der Waals surface area contributed by atoms with Crippen LogP contribution >= 0.6 is 23.6 Å². The lowest BCUT2D eigenvalue weighted by molar-refractivity contribution is 0.314. The Hall–Kier alpha value is -0.540. The monoisotopic (exact) mass is 335 g/mol. The highest BCUT2D eigenvalue weighted by molar-refractivity contribution is 7.91. The average molecular weight is 336 g/mol. The van der Waals surface area contributed by atoms with Crippen molar-refractivity contribution in [1.82, 2.24) is 9.62 Å². The molecule has 0 aliphatic rings. The number of thiocarbonyl (C=S) groups is 1. The summed E-state index contributed by atoms with van der Waals surface area (Å²) in [6.45, 7) is 4.63. The van der Waals surface area contributed by atoms with Crippen molar-refractivity contribution >= 4 is 38.6 Å². The van der Waals surface area contributed by atoms with Gasteiger partial charge in [0.05, 0.1) is 4.88 Å². The molecule has 1 unspecified atom stereocenters. The number of likely N-dealkylation sites (N-methyl/N-ethyl adjacent to an activating group) is 1. The molecule has 1 aromatic heterocycles. The van der Waals surface area contributed by atoms with Gasteiger partial charge in [-0.1, -0.05) is 26.1 Å². The van der Waals surface area contributed by atoms with Crippen molar-refractivity contribution in [3.63, 3.8) is 0 Å². The minimum atomic E-state index is -3.54. The van der Waals surface area contributed by atoms with E-state index in [2.05, 4.69) is 4.72 Å². The zero-order valence-electron chi connectivity index (χ0n) is 12.1. The summed E-state index contributed by atoms with van der Waals surface area (Å²) in [6.07, 6.45) is 0. The fourth-order valence-electron chi connectivity index (χ4n) is 1.63. The van der Waals surface area contributed by atoms with Crippen LogP contribution < -0.4 is 10.5 Å². The van der Waals surface area contributed by atoms with Gasteiger partial charge in [0.15, 0.2) is 0 Å². The summed E-state index contributed by atoms with van der Waals surface area (Å²) in [4.78, 5) is 2.78. The van der Waals surface area contributed by atoms with Crippen LogP contribution in [-0.4, -0.2) is 45.0 Å². The first-order valence-electron chi connectivity index (χ1n) is 6.20. The van der Waals surface area contributed by atoms with Crippen LogP contribution in [0.2, 0.25) is 0 Å². The van der Waals surface area contributed by atoms with E-state index in [0.717, 1.165) is 11.3 Å². The van der Waals surface area contributed by atoms with Crippen molar-refractivity contribution in [3.8, 4) is 0 Å². The van der Waals surface area contributed by atoms with Crippen LogP contribution in [0.4, 0.5) is 0 Å². The van der Waals surface area contributed by atoms with E-state index in [1.165, 1.54) is 6.07 Å². The van der Waals surface area contributed by atoms with Crippen molar-refractivity contribution in [1.29, 1.82) is 0 Å². The Kier molecular flexibility index (Phi) is 6.08. The molecule has 0 saturated heterocycles. The summed E-state index contributed by atoms with van der Waals surface area (Å²) in [7, 11) is 0.297. The fourth-order valence-corrected chi connectivity index (χ4v) is 4.38. The van der Waals surface area contributed by atoms with Crippen LogP contribution in [0, 0.1) is 5.92 Å². The Morgan fingerprint density at radius 3 is 2.45 bits per heavy atom. The minimum Gasteiger partial charge on any atom is -0.389 e. The van der Waals surface area contributed by atoms with Crippen molar-refractivity contribution in [2.24, 2.45) is 11.7 Å². The molecule has 0 aliphatic heterocycles. The van der Waals surface area contributed by atoms with Crippen LogP contribution in [0.5, 0.6) is 0 Å². The van der Waals surface area contributed by atoms with Gasteiger partial charge in [-0.05, 0) is 32.1 Å². The third-order valence-electron chi connectivity index (χ3n) is 2.76. The quantitative estimate of drug-likeness (QED) is 0.734. The molecule has 20 heavy (non-hydrogen) atoms. The fraction of sp³-hybridized carbons (Fsp3) is 0.583. The molecule has 1 aromatic rings. The molecular weight excluding hydrogens is 314 g/mol. The van der Waals surface area contributed by atoms with Gasteiger partial charge in [-0.15, -0.1) is 11.3 Å². The van der Waals surface area contributed by atoms with Gasteiger partial charge < -0.3 is 10.6 Å². The Morgan fingerprint density at radius 2 is 2.05 bits per heavy atom. The van der Waals surface area contributed by atoms with E-state index in [4.69, 9.17) is 18.0 Å². The number of sulfonamides is 1. The first-order chi connectivity index (χ1) is 9.13. The minimum absolute atomic E-state index is 0.148. The predicted molar refractivity (Wildman–Crippen MR) is 87.7 cm³/mol. The van der Waals surface area contributed by atoms with Gasteiger partial charge >= 0.3 is 0 Å². The highest BCUT2D eigenvalue weighted by Crippen LogP contribution is 2.22. The van der Waals surface area contributed by atoms with Crippen LogP contribution in [0.3, 0.4) is 0 Å². The molecular formula is C12H21N3O2S3. The molecule has 0 aliphatic carbocycles. The maximum absolute atomic E-state index is 12.4. The lowest BCUT2D eigenvalue weighted by Crippen LogP contribution is -2.44. The Morgan fingerprint density at radius 1 is 1.45 bits per heavy atom. The van der Waals surface area contributed by atoms with Gasteiger partial charge in [0, 0.05) is 12.6 Å². The summed E-state index contributed by atoms with van der Waals surface area (Å²) in [5, 5.41) is 0. The second kappa shape index (κ2) is 6.95. The van der Waals surface area contributed by atoms with E-state index in [0.29, 0.717) is 11.4 Å². The van der Waals surface area contributed by atoms with Crippen molar-refractivity contribution in [2.45, 2.75) is 24.1 Å². The largest absolute Gasteiger partial charge is 0.389 e. The molecule has 1 atom stereocenters. The van der Waals surface area contributed by atoms with E-state index in [1.54, 1.807) is 6.07 Å². The van der Waals surface area contributed by atoms with Crippen molar-refractivity contribution in [3.05, 3.63) is 17.0 Å². The number of rotatable bonds is 7. The van der Waals surface area contributed by atoms with Crippen LogP contribution in [-0.2, 0) is 10.0 Å². The van der Waals surface area contributed by atoms with Crippen LogP contribution in [0.1, 0.15) is 18.7 Å². The normalized spacial score (nSPS) is 13.9. The number of nitrogens with two attached hydrogens (primary N) is 1. The summed E-state index contributed by atoms with van der Waals surface area (Å²) < 4.78 is 27.7. The summed E-state index contributed by atoms with van der Waals surface area (Å²) in [5.74, 6) is 0.196. The zero-order valence-corrected chi connectivity index (χ0v) is 14.5. The van der Waals surface area contributed by atoms with E-state index in [1.807, 2.05) is 32.8 Å². The number of nitrogens with one attached hydrogen (secondary N) is 1. The molecule has 3 N–H and O–H groups in total. The highest BCUT2D eigenvalue weighted by atomic mass is 32.2. The van der Waals surface area contributed by atoms with E-state index >= 15 is 0 Å². The second-order valence-electron chi connectivity index (χ2n) is 5.22. The highest BCUT2D eigenvalue weighted by Gasteiger charge is 2.24. The van der Waals surface area contributed by atoms with Gasteiger partial charge in [-0.2, -0.15) is 0 Å². The van der Waals surface area contributed by atoms with Gasteiger partial charge in [0.25, 0.3) is 0 Å². The molecule has 0 saturated carbocycles. The lowest BCUT2D eigenvalue weighted by atomic mass is 10.1. The Bertz CT molecular complexity index is 564. The molecule has 8 heteroatoms. The molecule has 1 rings (SSSR count). The average Bonchev–Trinajstić information content (AvgIpc) is 2.76. The van der Waals surface area contributed by atoms with Crippen LogP contribution in [0.15, 0.2) is 16.3 Å². The predicted octanol–water partition coefficient (Wildman–Crippen LogP) is 1.25. The second-order valence-corrected chi connectivity index (χ2v) is 8.68. The first kappa shape index (κ1) is 17.5. The maximum atomic E-state index is 12.4. The first-order valence-corrected chi connectivity index (χ1v) is 8.91. The zero-order chi connectivity index (χ0) is 15.5. The molecule has 5 nitrogen and oxygen atoms in total. The summed E-state index contributed by atoms with van der Waals surface area (Å²) in [5.41, 5.74) is 5.51. The van der Waals surface area contributed by atoms with Gasteiger partial charge in [0.1, 0.15) is 9.20 Å². The molecule has 0 spiro atoms. The third-order valence-corrected chi connectivity index (χ3v) is 6.21. The molecule has 1 heterocycles. The standard InChI is InChI=1S/C12H21N3O2S3/c1-8(2)9(7-15(3)4)14-20(16,17)11-6-5-10(19-11)12(13)18/h5-6,8-9,14H,7H2,1-4H3,(H2,13,18). The lowest BCUT2D eigenvalue weighted by Gasteiger charge is -2.25. The summed E-state index contributed by atoms with van der Waals surface area (Å²) >= 11 is 5.94. The Balaban J connectivity index is 2.94. The van der Waals surface area contributed by atoms with Gasteiger partial charge in [-0.25, -0.2) is 13.1 Å².